The van der Waals surface area contributed by atoms with Gasteiger partial charge in [-0.1, -0.05) is 36.4 Å². The van der Waals surface area contributed by atoms with Gasteiger partial charge in [0, 0.05) is 0 Å². The highest BCUT2D eigenvalue weighted by molar-refractivity contribution is 5.32. The molecule has 0 amide bonds. The van der Waals surface area contributed by atoms with Crippen LogP contribution in [0.1, 0.15) is 56.1 Å². The lowest BCUT2D eigenvalue weighted by Gasteiger charge is -2.54. The summed E-state index contributed by atoms with van der Waals surface area (Å²) >= 11 is 0. The maximum atomic E-state index is 3.96. The highest BCUT2D eigenvalue weighted by Crippen LogP contribution is 2.59. The second-order valence-corrected chi connectivity index (χ2v) is 6.96. The number of hydrogen-bond donors (Lipinski definition) is 0. The smallest absolute Gasteiger partial charge is 0.00463 e. The number of fused-ring (bicyclic) bond motifs is 3. The zero-order chi connectivity index (χ0) is 14.1. The van der Waals surface area contributed by atoms with E-state index >= 15 is 0 Å². The zero-order valence-electron chi connectivity index (χ0n) is 12.5. The molecule has 1 aromatic rings. The third-order valence-electron chi connectivity index (χ3n) is 5.93. The Bertz CT molecular complexity index is 467. The Morgan fingerprint density at radius 3 is 1.95 bits per heavy atom. The quantitative estimate of drug-likeness (QED) is 0.610. The van der Waals surface area contributed by atoms with E-state index in [0.717, 1.165) is 6.42 Å². The van der Waals surface area contributed by atoms with Gasteiger partial charge in [-0.3, -0.25) is 0 Å². The van der Waals surface area contributed by atoms with Crippen LogP contribution in [-0.4, -0.2) is 0 Å². The molecule has 0 unspecified atom stereocenters. The van der Waals surface area contributed by atoms with Crippen LogP contribution in [0.3, 0.4) is 0 Å². The molecule has 0 radical (unpaired) electrons. The summed E-state index contributed by atoms with van der Waals surface area (Å²) in [6.45, 7) is 7.78. The molecule has 2 bridgehead atoms. The van der Waals surface area contributed by atoms with Gasteiger partial charge in [-0.05, 0) is 73.3 Å². The molecule has 0 atom stereocenters. The van der Waals surface area contributed by atoms with E-state index in [4.69, 9.17) is 0 Å². The van der Waals surface area contributed by atoms with Crippen molar-refractivity contribution in [2.45, 2.75) is 56.8 Å². The van der Waals surface area contributed by atoms with E-state index < -0.39 is 0 Å². The van der Waals surface area contributed by atoms with Gasteiger partial charge < -0.3 is 0 Å². The van der Waals surface area contributed by atoms with Gasteiger partial charge in [-0.2, -0.15) is 0 Å². The van der Waals surface area contributed by atoms with Crippen molar-refractivity contribution in [3.05, 3.63) is 60.7 Å². The molecule has 0 aromatic heterocycles. The monoisotopic (exact) mass is 266 g/mol. The Balaban J connectivity index is 1.78. The second-order valence-electron chi connectivity index (χ2n) is 6.96. The summed E-state index contributed by atoms with van der Waals surface area (Å²) in [5.74, 6) is 0. The molecule has 1 aromatic carbocycles. The van der Waals surface area contributed by atoms with Crippen LogP contribution in [-0.2, 0) is 11.8 Å². The Labute approximate surface area is 123 Å². The van der Waals surface area contributed by atoms with E-state index in [0.29, 0.717) is 10.8 Å². The summed E-state index contributed by atoms with van der Waals surface area (Å²) in [7, 11) is 0. The number of allylic oxidation sites excluding steroid dienone is 2. The van der Waals surface area contributed by atoms with Gasteiger partial charge in [0.15, 0.2) is 0 Å². The SMILES string of the molecule is C=CCc1ccc(C23CCC(CC=C)(CC2)CC3)cc1. The number of hydrogen-bond acceptors (Lipinski definition) is 0. The average Bonchev–Trinajstić information content (AvgIpc) is 2.50. The van der Waals surface area contributed by atoms with Crippen molar-refractivity contribution in [2.24, 2.45) is 5.41 Å². The van der Waals surface area contributed by atoms with Crippen molar-refractivity contribution in [2.75, 3.05) is 0 Å². The zero-order valence-corrected chi connectivity index (χ0v) is 12.5. The lowest BCUT2D eigenvalue weighted by Crippen LogP contribution is -2.43. The third-order valence-corrected chi connectivity index (χ3v) is 5.93. The van der Waals surface area contributed by atoms with Gasteiger partial charge in [0.2, 0.25) is 0 Å². The van der Waals surface area contributed by atoms with Crippen LogP contribution in [0.5, 0.6) is 0 Å². The van der Waals surface area contributed by atoms with Crippen LogP contribution in [0.25, 0.3) is 0 Å². The van der Waals surface area contributed by atoms with Crippen molar-refractivity contribution < 1.29 is 0 Å². The highest BCUT2D eigenvalue weighted by Gasteiger charge is 2.48. The van der Waals surface area contributed by atoms with Crippen LogP contribution < -0.4 is 0 Å². The minimum Gasteiger partial charge on any atom is -0.103 e. The second kappa shape index (κ2) is 5.24. The molecule has 20 heavy (non-hydrogen) atoms. The van der Waals surface area contributed by atoms with Crippen LogP contribution in [0.15, 0.2) is 49.6 Å². The van der Waals surface area contributed by atoms with E-state index in [-0.39, 0.29) is 0 Å². The largest absolute Gasteiger partial charge is 0.103 e. The Morgan fingerprint density at radius 1 is 0.850 bits per heavy atom. The van der Waals surface area contributed by atoms with Gasteiger partial charge in [0.25, 0.3) is 0 Å². The molecule has 3 aliphatic carbocycles. The van der Waals surface area contributed by atoms with Gasteiger partial charge in [0.1, 0.15) is 0 Å². The molecule has 0 heterocycles. The fraction of sp³-hybridized carbons (Fsp3) is 0.500. The molecule has 0 spiro atoms. The fourth-order valence-corrected chi connectivity index (χ4v) is 4.47. The standard InChI is InChI=1S/C20H26/c1-3-5-17-6-8-18(9-7-17)20-14-11-19(10-4-2,12-15-20)13-16-20/h3-4,6-9H,1-2,5,10-16H2. The van der Waals surface area contributed by atoms with Gasteiger partial charge in [-0.15, -0.1) is 13.2 Å². The topological polar surface area (TPSA) is 0 Å². The molecule has 0 N–H and O–H groups in total. The molecular weight excluding hydrogens is 240 g/mol. The molecule has 4 rings (SSSR count). The number of rotatable bonds is 5. The molecule has 106 valence electrons. The summed E-state index contributed by atoms with van der Waals surface area (Å²) < 4.78 is 0. The molecule has 0 saturated heterocycles. The molecule has 3 saturated carbocycles. The summed E-state index contributed by atoms with van der Waals surface area (Å²) in [6, 6.07) is 9.35. The van der Waals surface area contributed by atoms with E-state index in [1.807, 2.05) is 6.08 Å². The summed E-state index contributed by atoms with van der Waals surface area (Å²) in [6.07, 6.45) is 14.6. The molecular formula is C20H26. The predicted octanol–water partition coefficient (Wildman–Crippen LogP) is 5.58. The molecule has 3 fully saturated rings. The van der Waals surface area contributed by atoms with Crippen LogP contribution in [0.2, 0.25) is 0 Å². The maximum absolute atomic E-state index is 3.96. The van der Waals surface area contributed by atoms with Crippen LogP contribution in [0.4, 0.5) is 0 Å². The van der Waals surface area contributed by atoms with E-state index in [9.17, 15) is 0 Å². The van der Waals surface area contributed by atoms with Crippen molar-refractivity contribution in [1.29, 1.82) is 0 Å². The summed E-state index contributed by atoms with van der Waals surface area (Å²) in [4.78, 5) is 0. The van der Waals surface area contributed by atoms with Crippen molar-refractivity contribution in [3.63, 3.8) is 0 Å². The lowest BCUT2D eigenvalue weighted by molar-refractivity contribution is 0.0423. The van der Waals surface area contributed by atoms with Gasteiger partial charge in [0.05, 0.1) is 0 Å². The molecule has 0 aliphatic heterocycles. The minimum absolute atomic E-state index is 0.482. The Hall–Kier alpha value is -1.30. The Morgan fingerprint density at radius 2 is 1.45 bits per heavy atom. The van der Waals surface area contributed by atoms with E-state index in [1.54, 1.807) is 5.56 Å². The molecule has 3 aliphatic rings. The van der Waals surface area contributed by atoms with Gasteiger partial charge in [-0.25, -0.2) is 0 Å². The van der Waals surface area contributed by atoms with Crippen molar-refractivity contribution in [1.82, 2.24) is 0 Å². The van der Waals surface area contributed by atoms with Crippen molar-refractivity contribution in [3.8, 4) is 0 Å². The summed E-state index contributed by atoms with van der Waals surface area (Å²) in [5.41, 5.74) is 4.05. The predicted molar refractivity (Wildman–Crippen MR) is 87.0 cm³/mol. The van der Waals surface area contributed by atoms with Crippen molar-refractivity contribution >= 4 is 0 Å². The Kier molecular flexibility index (Phi) is 3.58. The molecule has 0 heteroatoms. The average molecular weight is 266 g/mol. The van der Waals surface area contributed by atoms with E-state index in [2.05, 4.69) is 43.5 Å². The first kappa shape index (κ1) is 13.7. The van der Waals surface area contributed by atoms with Crippen LogP contribution in [0, 0.1) is 5.41 Å². The lowest BCUT2D eigenvalue weighted by atomic mass is 9.51. The first-order valence-electron chi connectivity index (χ1n) is 8.03. The molecule has 0 nitrogen and oxygen atoms in total. The van der Waals surface area contributed by atoms with Crippen LogP contribution >= 0.6 is 0 Å². The van der Waals surface area contributed by atoms with E-state index in [1.165, 1.54) is 50.5 Å². The highest BCUT2D eigenvalue weighted by atomic mass is 14.5. The maximum Gasteiger partial charge on any atom is -0.00463 e. The first-order chi connectivity index (χ1) is 9.72. The third kappa shape index (κ3) is 2.26. The first-order valence-corrected chi connectivity index (χ1v) is 8.03. The van der Waals surface area contributed by atoms with Gasteiger partial charge >= 0.3 is 0 Å². The summed E-state index contributed by atoms with van der Waals surface area (Å²) in [5, 5.41) is 0. The fourth-order valence-electron chi connectivity index (χ4n) is 4.47. The minimum atomic E-state index is 0.482. The number of benzene rings is 1. The normalized spacial score (nSPS) is 32.0.